The molecule has 0 bridgehead atoms. The fraction of sp³-hybridized carbons (Fsp3) is 0.579. The Labute approximate surface area is 145 Å². The molecular formula is C19H21FN2O3. The standard InChI is InChI=1S/C19H21FN2O3/c20-12-4-5-15-14(10-12)21-18(24)19(7-1-8-19)22(15)17(23)13-6-9-25-16(13)11-2-3-11/h4-5,10-11,13,16H,1-3,6-9H2,(H,21,24)/t13-,16+/m1/s1. The molecule has 6 heteroatoms. The highest BCUT2D eigenvalue weighted by molar-refractivity contribution is 6.15. The summed E-state index contributed by atoms with van der Waals surface area (Å²) < 4.78 is 19.5. The van der Waals surface area contributed by atoms with E-state index in [2.05, 4.69) is 5.32 Å². The van der Waals surface area contributed by atoms with E-state index < -0.39 is 11.4 Å². The molecule has 2 aliphatic carbocycles. The highest BCUT2D eigenvalue weighted by Gasteiger charge is 2.57. The van der Waals surface area contributed by atoms with Crippen LogP contribution in [0.5, 0.6) is 0 Å². The van der Waals surface area contributed by atoms with Crippen LogP contribution in [0.1, 0.15) is 38.5 Å². The zero-order chi connectivity index (χ0) is 17.2. The van der Waals surface area contributed by atoms with Crippen LogP contribution < -0.4 is 10.2 Å². The molecule has 2 heterocycles. The SMILES string of the molecule is O=C([C@@H]1CCO[C@H]1C1CC1)N1c2ccc(F)cc2NC(=O)C12CCC2. The van der Waals surface area contributed by atoms with Gasteiger partial charge in [-0.3, -0.25) is 14.5 Å². The van der Waals surface area contributed by atoms with E-state index in [0.29, 0.717) is 43.2 Å². The van der Waals surface area contributed by atoms with Gasteiger partial charge in [0.2, 0.25) is 5.91 Å². The van der Waals surface area contributed by atoms with Crippen molar-refractivity contribution >= 4 is 23.2 Å². The van der Waals surface area contributed by atoms with Gasteiger partial charge < -0.3 is 10.1 Å². The predicted octanol–water partition coefficient (Wildman–Crippen LogP) is 2.85. The van der Waals surface area contributed by atoms with Crippen molar-refractivity contribution in [3.8, 4) is 0 Å². The number of halogens is 1. The summed E-state index contributed by atoms with van der Waals surface area (Å²) in [5.74, 6) is -0.367. The summed E-state index contributed by atoms with van der Waals surface area (Å²) in [4.78, 5) is 28.0. The van der Waals surface area contributed by atoms with E-state index in [4.69, 9.17) is 4.74 Å². The van der Waals surface area contributed by atoms with Crippen molar-refractivity contribution in [3.63, 3.8) is 0 Å². The van der Waals surface area contributed by atoms with E-state index in [1.807, 2.05) is 0 Å². The second kappa shape index (κ2) is 5.27. The number of amides is 2. The van der Waals surface area contributed by atoms with Crippen molar-refractivity contribution in [2.24, 2.45) is 11.8 Å². The zero-order valence-electron chi connectivity index (χ0n) is 14.0. The Hall–Kier alpha value is -1.95. The first-order valence-electron chi connectivity index (χ1n) is 9.17. The monoisotopic (exact) mass is 344 g/mol. The van der Waals surface area contributed by atoms with Crippen LogP contribution in [-0.2, 0) is 14.3 Å². The van der Waals surface area contributed by atoms with Gasteiger partial charge in [-0.2, -0.15) is 0 Å². The molecule has 4 aliphatic rings. The third-order valence-electron chi connectivity index (χ3n) is 6.24. The number of ether oxygens (including phenoxy) is 1. The molecule has 1 N–H and O–H groups in total. The lowest BCUT2D eigenvalue weighted by Gasteiger charge is -2.52. The second-order valence-electron chi connectivity index (χ2n) is 7.74. The number of nitrogens with one attached hydrogen (secondary N) is 1. The van der Waals surface area contributed by atoms with Gasteiger partial charge in [-0.05, 0) is 62.6 Å². The molecule has 2 amide bonds. The number of carbonyl (C=O) groups excluding carboxylic acids is 2. The summed E-state index contributed by atoms with van der Waals surface area (Å²) in [5, 5.41) is 2.81. The van der Waals surface area contributed by atoms with E-state index in [9.17, 15) is 14.0 Å². The molecule has 3 fully saturated rings. The number of carbonyl (C=O) groups is 2. The minimum atomic E-state index is -0.807. The fourth-order valence-electron chi connectivity index (χ4n) is 4.60. The maximum absolute atomic E-state index is 13.6. The maximum Gasteiger partial charge on any atom is 0.250 e. The van der Waals surface area contributed by atoms with Crippen molar-refractivity contribution in [3.05, 3.63) is 24.0 Å². The van der Waals surface area contributed by atoms with E-state index >= 15 is 0 Å². The summed E-state index contributed by atoms with van der Waals surface area (Å²) in [6, 6.07) is 4.26. The van der Waals surface area contributed by atoms with E-state index in [0.717, 1.165) is 19.3 Å². The number of hydrogen-bond donors (Lipinski definition) is 1. The Morgan fingerprint density at radius 2 is 2.08 bits per heavy atom. The molecule has 0 unspecified atom stereocenters. The molecule has 0 aromatic heterocycles. The summed E-state index contributed by atoms with van der Waals surface area (Å²) in [5.41, 5.74) is 0.198. The predicted molar refractivity (Wildman–Crippen MR) is 89.7 cm³/mol. The molecule has 2 atom stereocenters. The topological polar surface area (TPSA) is 58.6 Å². The Morgan fingerprint density at radius 1 is 1.28 bits per heavy atom. The minimum absolute atomic E-state index is 0.0292. The molecule has 0 radical (unpaired) electrons. The van der Waals surface area contributed by atoms with Crippen molar-refractivity contribution in [1.29, 1.82) is 0 Å². The minimum Gasteiger partial charge on any atom is -0.377 e. The molecule has 25 heavy (non-hydrogen) atoms. The first-order valence-corrected chi connectivity index (χ1v) is 9.17. The summed E-state index contributed by atoms with van der Waals surface area (Å²) in [6.45, 7) is 0.598. The smallest absolute Gasteiger partial charge is 0.250 e. The van der Waals surface area contributed by atoms with Crippen LogP contribution in [0.25, 0.3) is 0 Å². The molecule has 1 spiro atoms. The number of fused-ring (bicyclic) bond motifs is 1. The van der Waals surface area contributed by atoms with Gasteiger partial charge in [-0.25, -0.2) is 4.39 Å². The van der Waals surface area contributed by atoms with Gasteiger partial charge >= 0.3 is 0 Å². The molecule has 5 rings (SSSR count). The molecule has 1 aromatic rings. The van der Waals surface area contributed by atoms with Gasteiger partial charge in [0.05, 0.1) is 23.4 Å². The lowest BCUT2D eigenvalue weighted by Crippen LogP contribution is -2.67. The fourth-order valence-corrected chi connectivity index (χ4v) is 4.60. The number of anilines is 2. The number of rotatable bonds is 2. The van der Waals surface area contributed by atoms with Gasteiger partial charge in [0.1, 0.15) is 11.4 Å². The van der Waals surface area contributed by atoms with Gasteiger partial charge in [-0.15, -0.1) is 0 Å². The van der Waals surface area contributed by atoms with Crippen molar-refractivity contribution in [2.75, 3.05) is 16.8 Å². The third-order valence-corrected chi connectivity index (χ3v) is 6.24. The molecule has 5 nitrogen and oxygen atoms in total. The summed E-state index contributed by atoms with van der Waals surface area (Å²) in [7, 11) is 0. The molecular weight excluding hydrogens is 323 g/mol. The first-order chi connectivity index (χ1) is 12.1. The lowest BCUT2D eigenvalue weighted by molar-refractivity contribution is -0.133. The Bertz CT molecular complexity index is 757. The van der Waals surface area contributed by atoms with E-state index in [1.54, 1.807) is 11.0 Å². The van der Waals surface area contributed by atoms with Gasteiger partial charge in [0, 0.05) is 6.61 Å². The molecule has 2 saturated carbocycles. The van der Waals surface area contributed by atoms with Crippen LogP contribution in [0.4, 0.5) is 15.8 Å². The first kappa shape index (κ1) is 15.3. The number of hydrogen-bond acceptors (Lipinski definition) is 3. The Kier molecular flexibility index (Phi) is 3.23. The second-order valence-corrected chi connectivity index (χ2v) is 7.74. The lowest BCUT2D eigenvalue weighted by atomic mass is 9.72. The van der Waals surface area contributed by atoms with Gasteiger partial charge in [0.15, 0.2) is 0 Å². The quantitative estimate of drug-likeness (QED) is 0.897. The molecule has 1 aromatic carbocycles. The van der Waals surface area contributed by atoms with E-state index in [1.165, 1.54) is 12.1 Å². The largest absolute Gasteiger partial charge is 0.377 e. The van der Waals surface area contributed by atoms with E-state index in [-0.39, 0.29) is 23.8 Å². The van der Waals surface area contributed by atoms with Crippen LogP contribution in [0.3, 0.4) is 0 Å². The van der Waals surface area contributed by atoms with Crippen molar-refractivity contribution < 1.29 is 18.7 Å². The highest BCUT2D eigenvalue weighted by Crippen LogP contribution is 2.49. The van der Waals surface area contributed by atoms with Gasteiger partial charge in [-0.1, -0.05) is 0 Å². The van der Waals surface area contributed by atoms with Gasteiger partial charge in [0.25, 0.3) is 5.91 Å². The van der Waals surface area contributed by atoms with Crippen LogP contribution in [0, 0.1) is 17.7 Å². The third kappa shape index (κ3) is 2.16. The van der Waals surface area contributed by atoms with Crippen molar-refractivity contribution in [1.82, 2.24) is 0 Å². The van der Waals surface area contributed by atoms with Crippen LogP contribution >= 0.6 is 0 Å². The zero-order valence-corrected chi connectivity index (χ0v) is 14.0. The number of nitrogens with zero attached hydrogens (tertiary/aromatic N) is 1. The van der Waals surface area contributed by atoms with Crippen molar-refractivity contribution in [2.45, 2.75) is 50.2 Å². The Balaban J connectivity index is 1.57. The summed E-state index contributed by atoms with van der Waals surface area (Å²) in [6.07, 6.45) is 5.13. The molecule has 132 valence electrons. The normalized spacial score (nSPS) is 30.0. The maximum atomic E-state index is 13.6. The number of benzene rings is 1. The average molecular weight is 344 g/mol. The Morgan fingerprint density at radius 3 is 2.76 bits per heavy atom. The molecule has 1 saturated heterocycles. The highest BCUT2D eigenvalue weighted by atomic mass is 19.1. The molecule has 2 aliphatic heterocycles. The van der Waals surface area contributed by atoms with Crippen LogP contribution in [0.2, 0.25) is 0 Å². The average Bonchev–Trinajstić information content (AvgIpc) is 3.28. The van der Waals surface area contributed by atoms with Crippen LogP contribution in [-0.4, -0.2) is 30.1 Å². The summed E-state index contributed by atoms with van der Waals surface area (Å²) >= 11 is 0. The van der Waals surface area contributed by atoms with Crippen LogP contribution in [0.15, 0.2) is 18.2 Å².